The number of benzene rings is 1. The van der Waals surface area contributed by atoms with Crippen LogP contribution in [0.15, 0.2) is 36.5 Å². The van der Waals surface area contributed by atoms with E-state index >= 15 is 0 Å². The topological polar surface area (TPSA) is 28.6 Å². The van der Waals surface area contributed by atoms with E-state index in [0.717, 1.165) is 11.8 Å². The summed E-state index contributed by atoms with van der Waals surface area (Å²) in [6.45, 7) is 4.96. The highest BCUT2D eigenvalue weighted by Crippen LogP contribution is 2.49. The molecule has 0 amide bonds. The fraction of sp³-hybridized carbons (Fsp3) is 0.591. The molecule has 1 aromatic carbocycles. The Hall–Kier alpha value is -1.59. The van der Waals surface area contributed by atoms with Crippen molar-refractivity contribution in [2.75, 3.05) is 38.2 Å². The maximum atomic E-state index is 5.59. The molecule has 4 nitrogen and oxygen atoms in total. The molecule has 1 aromatic heterocycles. The summed E-state index contributed by atoms with van der Waals surface area (Å²) in [5, 5.41) is 1.35. The molecule has 2 aromatic rings. The third-order valence-corrected chi connectivity index (χ3v) is 7.90. The monoisotopic (exact) mass is 383 g/mol. The summed E-state index contributed by atoms with van der Waals surface area (Å²) in [4.78, 5) is 5.31. The first kappa shape index (κ1) is 17.5. The maximum Gasteiger partial charge on any atom is 0.122 e. The van der Waals surface area contributed by atoms with E-state index in [1.54, 1.807) is 18.6 Å². The number of rotatable bonds is 4. The van der Waals surface area contributed by atoms with Crippen molar-refractivity contribution in [3.05, 3.63) is 42.1 Å². The summed E-state index contributed by atoms with van der Waals surface area (Å²) in [6.07, 6.45) is 8.62. The zero-order chi connectivity index (χ0) is 18.3. The third-order valence-electron chi connectivity index (χ3n) is 7.09. The van der Waals surface area contributed by atoms with Crippen LogP contribution in [0.4, 0.5) is 5.00 Å². The number of aromatic nitrogens is 1. The molecule has 144 valence electrons. The molecular weight excluding hydrogens is 354 g/mol. The van der Waals surface area contributed by atoms with Gasteiger partial charge in [0.1, 0.15) is 10.8 Å². The molecule has 1 aliphatic carbocycles. The molecule has 1 saturated carbocycles. The van der Waals surface area contributed by atoms with Gasteiger partial charge in [0, 0.05) is 30.7 Å². The molecule has 0 unspecified atom stereocenters. The molecule has 0 bridgehead atoms. The second-order valence-electron chi connectivity index (χ2n) is 8.66. The van der Waals surface area contributed by atoms with Crippen molar-refractivity contribution in [2.24, 2.45) is 5.41 Å². The van der Waals surface area contributed by atoms with E-state index < -0.39 is 0 Å². The van der Waals surface area contributed by atoms with Crippen molar-refractivity contribution in [3.8, 4) is 5.75 Å². The second-order valence-corrected chi connectivity index (χ2v) is 9.47. The molecule has 3 fully saturated rings. The van der Waals surface area contributed by atoms with Gasteiger partial charge in [-0.3, -0.25) is 0 Å². The highest BCUT2D eigenvalue weighted by Gasteiger charge is 2.49. The summed E-state index contributed by atoms with van der Waals surface area (Å²) in [7, 11) is 1.79. The van der Waals surface area contributed by atoms with Crippen molar-refractivity contribution >= 4 is 16.5 Å². The molecule has 27 heavy (non-hydrogen) atoms. The highest BCUT2D eigenvalue weighted by atomic mass is 32.1. The first-order chi connectivity index (χ1) is 13.3. The Labute approximate surface area is 166 Å². The van der Waals surface area contributed by atoms with Gasteiger partial charge in [0.05, 0.1) is 7.11 Å². The third kappa shape index (κ3) is 3.25. The summed E-state index contributed by atoms with van der Waals surface area (Å²) < 4.78 is 9.85. The minimum atomic E-state index is 0.578. The highest BCUT2D eigenvalue weighted by molar-refractivity contribution is 7.10. The van der Waals surface area contributed by atoms with Gasteiger partial charge >= 0.3 is 0 Å². The Kier molecular flexibility index (Phi) is 4.60. The number of piperidine rings is 1. The van der Waals surface area contributed by atoms with Crippen LogP contribution in [0.5, 0.6) is 5.75 Å². The van der Waals surface area contributed by atoms with Gasteiger partial charge in [-0.25, -0.2) is 0 Å². The smallest absolute Gasteiger partial charge is 0.122 e. The normalized spacial score (nSPS) is 25.7. The average molecular weight is 384 g/mol. The van der Waals surface area contributed by atoms with Crippen molar-refractivity contribution in [2.45, 2.75) is 44.1 Å². The fourth-order valence-corrected chi connectivity index (χ4v) is 6.24. The quantitative estimate of drug-likeness (QED) is 0.783. The Morgan fingerprint density at radius 1 is 1.11 bits per heavy atom. The number of likely N-dealkylation sites (tertiary alicyclic amines) is 1. The lowest BCUT2D eigenvalue weighted by Gasteiger charge is -2.49. The predicted molar refractivity (Wildman–Crippen MR) is 111 cm³/mol. The van der Waals surface area contributed by atoms with Crippen molar-refractivity contribution in [1.29, 1.82) is 0 Å². The number of hydrogen-bond acceptors (Lipinski definition) is 5. The van der Waals surface area contributed by atoms with Crippen molar-refractivity contribution in [1.82, 2.24) is 9.27 Å². The largest absolute Gasteiger partial charge is 0.496 e. The molecule has 1 spiro atoms. The van der Waals surface area contributed by atoms with Gasteiger partial charge in [0.2, 0.25) is 0 Å². The predicted octanol–water partition coefficient (Wildman–Crippen LogP) is 4.39. The lowest BCUT2D eigenvalue weighted by molar-refractivity contribution is 0.131. The molecule has 0 radical (unpaired) electrons. The van der Waals surface area contributed by atoms with Crippen molar-refractivity contribution < 1.29 is 4.74 Å². The van der Waals surface area contributed by atoms with Crippen LogP contribution in [-0.2, 0) is 0 Å². The van der Waals surface area contributed by atoms with Gasteiger partial charge in [-0.05, 0) is 80.3 Å². The standard InChI is InChI=1S/C22H29N3OS/c1-26-20-5-3-2-4-19(20)17-8-12-24(13-9-17)18-6-10-22(14-18)15-25(16-22)21-7-11-23-27-21/h2-5,7,11,17-18H,6,8-10,12-16H2,1H3/t18-/m1/s1. The average Bonchev–Trinajstić information content (AvgIpc) is 3.37. The molecule has 3 heterocycles. The Balaban J connectivity index is 1.16. The number of methoxy groups -OCH3 is 1. The van der Waals surface area contributed by atoms with E-state index in [2.05, 4.69) is 44.5 Å². The van der Waals surface area contributed by atoms with Crippen LogP contribution in [0, 0.1) is 5.41 Å². The first-order valence-corrected chi connectivity index (χ1v) is 11.1. The number of para-hydroxylation sites is 1. The van der Waals surface area contributed by atoms with Crippen LogP contribution in [0.25, 0.3) is 0 Å². The van der Waals surface area contributed by atoms with Crippen LogP contribution >= 0.6 is 11.5 Å². The molecule has 5 heteroatoms. The van der Waals surface area contributed by atoms with Gasteiger partial charge in [-0.2, -0.15) is 4.37 Å². The number of hydrogen-bond donors (Lipinski definition) is 0. The molecule has 2 aliphatic heterocycles. The summed E-state index contributed by atoms with van der Waals surface area (Å²) in [5.41, 5.74) is 1.98. The lowest BCUT2D eigenvalue weighted by Crippen LogP contribution is -2.55. The van der Waals surface area contributed by atoms with Gasteiger partial charge in [0.15, 0.2) is 0 Å². The second kappa shape index (κ2) is 7.10. The summed E-state index contributed by atoms with van der Waals surface area (Å²) in [6, 6.07) is 11.5. The molecule has 3 aliphatic rings. The molecule has 5 rings (SSSR count). The molecule has 1 atom stereocenters. The Bertz CT molecular complexity index is 764. The SMILES string of the molecule is COc1ccccc1C1CCN([C@@H]2CCC3(C2)CN(c2ccns2)C3)CC1. The van der Waals surface area contributed by atoms with Crippen molar-refractivity contribution in [3.63, 3.8) is 0 Å². The minimum absolute atomic E-state index is 0.578. The summed E-state index contributed by atoms with van der Waals surface area (Å²) >= 11 is 1.63. The van der Waals surface area contributed by atoms with E-state index in [-0.39, 0.29) is 0 Å². The number of nitrogens with zero attached hydrogens (tertiary/aromatic N) is 3. The van der Waals surface area contributed by atoms with E-state index in [0.29, 0.717) is 11.3 Å². The van der Waals surface area contributed by atoms with Gasteiger partial charge < -0.3 is 14.5 Å². The van der Waals surface area contributed by atoms with Crippen LogP contribution in [-0.4, -0.2) is 48.6 Å². The van der Waals surface area contributed by atoms with Crippen LogP contribution < -0.4 is 9.64 Å². The van der Waals surface area contributed by atoms with Gasteiger partial charge in [-0.1, -0.05) is 18.2 Å². The molecule has 2 saturated heterocycles. The first-order valence-electron chi connectivity index (χ1n) is 10.3. The fourth-order valence-electron chi connectivity index (χ4n) is 5.65. The van der Waals surface area contributed by atoms with Crippen LogP contribution in [0.1, 0.15) is 43.6 Å². The van der Waals surface area contributed by atoms with Gasteiger partial charge in [0.25, 0.3) is 0 Å². The number of ether oxygens (including phenoxy) is 1. The molecule has 0 N–H and O–H groups in total. The van der Waals surface area contributed by atoms with Crippen LogP contribution in [0.3, 0.4) is 0 Å². The van der Waals surface area contributed by atoms with E-state index in [4.69, 9.17) is 4.74 Å². The van der Waals surface area contributed by atoms with Crippen LogP contribution in [0.2, 0.25) is 0 Å². The lowest BCUT2D eigenvalue weighted by atomic mass is 9.78. The van der Waals surface area contributed by atoms with Gasteiger partial charge in [-0.15, -0.1) is 0 Å². The number of anilines is 1. The van der Waals surface area contributed by atoms with E-state index in [1.165, 1.54) is 68.8 Å². The zero-order valence-electron chi connectivity index (χ0n) is 16.1. The van der Waals surface area contributed by atoms with E-state index in [1.807, 2.05) is 6.20 Å². The zero-order valence-corrected chi connectivity index (χ0v) is 17.0. The Morgan fingerprint density at radius 3 is 2.67 bits per heavy atom. The molecular formula is C22H29N3OS. The summed E-state index contributed by atoms with van der Waals surface area (Å²) in [5.74, 6) is 1.71. The van der Waals surface area contributed by atoms with E-state index in [9.17, 15) is 0 Å². The Morgan fingerprint density at radius 2 is 1.93 bits per heavy atom. The maximum absolute atomic E-state index is 5.59. The minimum Gasteiger partial charge on any atom is -0.496 e.